The van der Waals surface area contributed by atoms with Crippen LogP contribution in [0.1, 0.15) is 44.8 Å². The molecular formula is C14H23N5O2. The standard InChI is InChI=1S/C14H23N5O2/c1-9(2)18-14(13(19(20)21)10(3)16-18)17-7-6-11-4-5-12(8-17)15-11/h9,11-12,15H,4-8H2,1-3H3. The van der Waals surface area contributed by atoms with E-state index in [0.717, 1.165) is 25.9 Å². The predicted octanol–water partition coefficient (Wildman–Crippen LogP) is 2.01. The third-order valence-electron chi connectivity index (χ3n) is 4.52. The first-order valence-electron chi connectivity index (χ1n) is 7.72. The molecule has 2 aliphatic heterocycles. The highest BCUT2D eigenvalue weighted by atomic mass is 16.6. The van der Waals surface area contributed by atoms with Crippen molar-refractivity contribution < 1.29 is 4.92 Å². The van der Waals surface area contributed by atoms with Crippen molar-refractivity contribution in [3.05, 3.63) is 15.8 Å². The molecule has 1 N–H and O–H groups in total. The molecule has 0 spiro atoms. The average molecular weight is 293 g/mol. The second-order valence-corrected chi connectivity index (χ2v) is 6.43. The number of anilines is 1. The molecule has 2 unspecified atom stereocenters. The van der Waals surface area contributed by atoms with Gasteiger partial charge in [0.25, 0.3) is 0 Å². The summed E-state index contributed by atoms with van der Waals surface area (Å²) >= 11 is 0. The summed E-state index contributed by atoms with van der Waals surface area (Å²) in [6.45, 7) is 7.44. The number of hydrogen-bond donors (Lipinski definition) is 1. The van der Waals surface area contributed by atoms with E-state index in [9.17, 15) is 10.1 Å². The van der Waals surface area contributed by atoms with Crippen LogP contribution in [0.2, 0.25) is 0 Å². The van der Waals surface area contributed by atoms with E-state index in [2.05, 4.69) is 15.3 Å². The summed E-state index contributed by atoms with van der Waals surface area (Å²) in [5, 5.41) is 19.5. The minimum Gasteiger partial charge on any atom is -0.349 e. The van der Waals surface area contributed by atoms with Gasteiger partial charge in [0.1, 0.15) is 5.69 Å². The molecule has 2 atom stereocenters. The van der Waals surface area contributed by atoms with Crippen molar-refractivity contribution >= 4 is 11.5 Å². The van der Waals surface area contributed by atoms with Crippen LogP contribution < -0.4 is 10.2 Å². The monoisotopic (exact) mass is 293 g/mol. The summed E-state index contributed by atoms with van der Waals surface area (Å²) in [7, 11) is 0. The first kappa shape index (κ1) is 14.3. The van der Waals surface area contributed by atoms with Crippen LogP contribution in [0.25, 0.3) is 0 Å². The van der Waals surface area contributed by atoms with E-state index in [1.54, 1.807) is 6.92 Å². The molecular weight excluding hydrogens is 270 g/mol. The zero-order valence-electron chi connectivity index (χ0n) is 12.9. The van der Waals surface area contributed by atoms with Gasteiger partial charge in [0.2, 0.25) is 5.82 Å². The van der Waals surface area contributed by atoms with Crippen molar-refractivity contribution in [1.82, 2.24) is 15.1 Å². The van der Waals surface area contributed by atoms with Gasteiger partial charge in [0.05, 0.1) is 4.92 Å². The van der Waals surface area contributed by atoms with E-state index < -0.39 is 0 Å². The second-order valence-electron chi connectivity index (χ2n) is 6.43. The molecule has 7 heteroatoms. The Bertz CT molecular complexity index is 554. The Morgan fingerprint density at radius 1 is 1.33 bits per heavy atom. The maximum absolute atomic E-state index is 11.5. The number of aryl methyl sites for hydroxylation is 1. The zero-order valence-corrected chi connectivity index (χ0v) is 12.9. The van der Waals surface area contributed by atoms with Crippen molar-refractivity contribution in [3.8, 4) is 0 Å². The molecule has 3 rings (SSSR count). The smallest absolute Gasteiger partial charge is 0.333 e. The van der Waals surface area contributed by atoms with Crippen molar-refractivity contribution in [2.45, 2.75) is 58.2 Å². The third kappa shape index (κ3) is 2.50. The van der Waals surface area contributed by atoms with Gasteiger partial charge in [-0.05, 0) is 40.0 Å². The van der Waals surface area contributed by atoms with E-state index in [-0.39, 0.29) is 16.7 Å². The van der Waals surface area contributed by atoms with Crippen LogP contribution in [-0.2, 0) is 0 Å². The van der Waals surface area contributed by atoms with E-state index in [0.29, 0.717) is 23.6 Å². The third-order valence-corrected chi connectivity index (χ3v) is 4.52. The van der Waals surface area contributed by atoms with Crippen molar-refractivity contribution in [3.63, 3.8) is 0 Å². The topological polar surface area (TPSA) is 76.2 Å². The minimum absolute atomic E-state index is 0.112. The van der Waals surface area contributed by atoms with Crippen LogP contribution in [0, 0.1) is 17.0 Å². The van der Waals surface area contributed by atoms with Gasteiger partial charge < -0.3 is 10.2 Å². The maximum atomic E-state index is 11.5. The van der Waals surface area contributed by atoms with E-state index >= 15 is 0 Å². The number of aromatic nitrogens is 2. The van der Waals surface area contributed by atoms with E-state index in [4.69, 9.17) is 0 Å². The van der Waals surface area contributed by atoms with Crippen LogP contribution in [0.4, 0.5) is 11.5 Å². The molecule has 1 aromatic heterocycles. The Morgan fingerprint density at radius 2 is 2.05 bits per heavy atom. The first-order valence-corrected chi connectivity index (χ1v) is 7.72. The molecule has 116 valence electrons. The summed E-state index contributed by atoms with van der Waals surface area (Å²) < 4.78 is 1.81. The normalized spacial score (nSPS) is 25.4. The van der Waals surface area contributed by atoms with Gasteiger partial charge in [-0.1, -0.05) is 0 Å². The lowest BCUT2D eigenvalue weighted by atomic mass is 10.1. The van der Waals surface area contributed by atoms with Crippen molar-refractivity contribution in [1.29, 1.82) is 0 Å². The fourth-order valence-corrected chi connectivity index (χ4v) is 3.53. The molecule has 0 radical (unpaired) electrons. The lowest BCUT2D eigenvalue weighted by molar-refractivity contribution is -0.384. The average Bonchev–Trinajstić information content (AvgIpc) is 2.90. The molecule has 2 aliphatic rings. The largest absolute Gasteiger partial charge is 0.349 e. The number of nitrogens with one attached hydrogen (secondary N) is 1. The fourth-order valence-electron chi connectivity index (χ4n) is 3.53. The highest BCUT2D eigenvalue weighted by Crippen LogP contribution is 2.35. The predicted molar refractivity (Wildman–Crippen MR) is 80.8 cm³/mol. The van der Waals surface area contributed by atoms with Crippen LogP contribution in [0.5, 0.6) is 0 Å². The number of nitrogens with zero attached hydrogens (tertiary/aromatic N) is 4. The van der Waals surface area contributed by atoms with Gasteiger partial charge in [-0.25, -0.2) is 4.68 Å². The molecule has 21 heavy (non-hydrogen) atoms. The highest BCUT2D eigenvalue weighted by molar-refractivity contribution is 5.62. The lowest BCUT2D eigenvalue weighted by Gasteiger charge is -2.27. The van der Waals surface area contributed by atoms with Gasteiger partial charge in [-0.15, -0.1) is 0 Å². The summed E-state index contributed by atoms with van der Waals surface area (Å²) in [5.74, 6) is 0.682. The van der Waals surface area contributed by atoms with Gasteiger partial charge in [0, 0.05) is 31.2 Å². The molecule has 2 bridgehead atoms. The molecule has 1 aromatic rings. The summed E-state index contributed by atoms with van der Waals surface area (Å²) in [4.78, 5) is 13.4. The van der Waals surface area contributed by atoms with Crippen LogP contribution in [0.3, 0.4) is 0 Å². The van der Waals surface area contributed by atoms with E-state index in [1.165, 1.54) is 6.42 Å². The van der Waals surface area contributed by atoms with Crippen molar-refractivity contribution in [2.24, 2.45) is 0 Å². The Balaban J connectivity index is 2.01. The fraction of sp³-hybridized carbons (Fsp3) is 0.786. The van der Waals surface area contributed by atoms with E-state index in [1.807, 2.05) is 18.5 Å². The van der Waals surface area contributed by atoms with Gasteiger partial charge in [-0.3, -0.25) is 10.1 Å². The summed E-state index contributed by atoms with van der Waals surface area (Å²) in [6.07, 6.45) is 3.42. The number of hydrogen-bond acceptors (Lipinski definition) is 5. The van der Waals surface area contributed by atoms with Crippen molar-refractivity contribution in [2.75, 3.05) is 18.0 Å². The Morgan fingerprint density at radius 3 is 2.71 bits per heavy atom. The molecule has 0 aliphatic carbocycles. The highest BCUT2D eigenvalue weighted by Gasteiger charge is 2.35. The Hall–Kier alpha value is -1.63. The van der Waals surface area contributed by atoms with Gasteiger partial charge in [-0.2, -0.15) is 5.10 Å². The summed E-state index contributed by atoms with van der Waals surface area (Å²) in [6, 6.07) is 1.12. The maximum Gasteiger partial charge on any atom is 0.333 e. The quantitative estimate of drug-likeness (QED) is 0.681. The minimum atomic E-state index is -0.285. The first-order chi connectivity index (χ1) is 9.97. The van der Waals surface area contributed by atoms with Crippen LogP contribution >= 0.6 is 0 Å². The molecule has 3 heterocycles. The summed E-state index contributed by atoms with van der Waals surface area (Å²) in [5.41, 5.74) is 0.674. The lowest BCUT2D eigenvalue weighted by Crippen LogP contribution is -2.36. The molecule has 7 nitrogen and oxygen atoms in total. The van der Waals surface area contributed by atoms with Gasteiger partial charge in [0.15, 0.2) is 0 Å². The van der Waals surface area contributed by atoms with Crippen LogP contribution in [0.15, 0.2) is 0 Å². The van der Waals surface area contributed by atoms with Crippen LogP contribution in [-0.4, -0.2) is 39.9 Å². The van der Waals surface area contributed by atoms with Gasteiger partial charge >= 0.3 is 5.69 Å². The molecule has 0 aromatic carbocycles. The molecule has 2 saturated heterocycles. The SMILES string of the molecule is Cc1nn(C(C)C)c(N2CCC3CCC(C2)N3)c1[N+](=O)[O-]. The second kappa shape index (κ2) is 5.29. The molecule has 0 saturated carbocycles. The Kier molecular flexibility index (Phi) is 3.61. The molecule has 0 amide bonds. The molecule has 2 fully saturated rings. The number of nitro groups is 1. The Labute approximate surface area is 124 Å². The number of fused-ring (bicyclic) bond motifs is 2. The zero-order chi connectivity index (χ0) is 15.1. The number of rotatable bonds is 3.